The van der Waals surface area contributed by atoms with Gasteiger partial charge in [0.2, 0.25) is 11.8 Å². The second-order valence-corrected chi connectivity index (χ2v) is 7.90. The second kappa shape index (κ2) is 11.9. The van der Waals surface area contributed by atoms with Crippen molar-refractivity contribution in [2.24, 2.45) is 5.73 Å². The highest BCUT2D eigenvalue weighted by Crippen LogP contribution is 2.23. The third-order valence-corrected chi connectivity index (χ3v) is 5.57. The summed E-state index contributed by atoms with van der Waals surface area (Å²) in [6.45, 7) is -0.566. The van der Waals surface area contributed by atoms with Crippen molar-refractivity contribution >= 4 is 46.3 Å². The topological polar surface area (TPSA) is 159 Å². The van der Waals surface area contributed by atoms with Gasteiger partial charge in [0.1, 0.15) is 18.6 Å². The Kier molecular flexibility index (Phi) is 9.29. The number of carbonyl (C=O) groups is 4. The lowest BCUT2D eigenvalue weighted by Gasteiger charge is -2.18. The molecule has 166 valence electrons. The summed E-state index contributed by atoms with van der Waals surface area (Å²) < 4.78 is 0. The molecule has 2 aromatic rings. The fraction of sp³-hybridized carbons (Fsp3) is 0.333. The number of carbonyl (C=O) groups excluding carboxylic acids is 2. The number of fused-ring (bicyclic) bond motifs is 1. The lowest BCUT2D eigenvalue weighted by Crippen LogP contribution is -2.49. The van der Waals surface area contributed by atoms with E-state index in [0.29, 0.717) is 5.75 Å². The van der Waals surface area contributed by atoms with Crippen molar-refractivity contribution in [2.75, 3.05) is 12.3 Å². The zero-order valence-electron chi connectivity index (χ0n) is 16.7. The first-order chi connectivity index (χ1) is 14.8. The fourth-order valence-corrected chi connectivity index (χ4v) is 3.91. The van der Waals surface area contributed by atoms with Gasteiger partial charge in [0.15, 0.2) is 0 Å². The van der Waals surface area contributed by atoms with Crippen LogP contribution in [0.3, 0.4) is 0 Å². The number of carboxylic acids is 2. The predicted molar refractivity (Wildman–Crippen MR) is 118 cm³/mol. The molecule has 2 rings (SSSR count). The highest BCUT2D eigenvalue weighted by atomic mass is 32.2. The molecule has 0 bridgehead atoms. The Hall–Kier alpha value is -3.11. The average Bonchev–Trinajstić information content (AvgIpc) is 2.75. The number of thioether (sulfide) groups is 1. The normalized spacial score (nSPS) is 12.7. The van der Waals surface area contributed by atoms with Gasteiger partial charge in [0, 0.05) is 17.9 Å². The van der Waals surface area contributed by atoms with Crippen molar-refractivity contribution in [1.82, 2.24) is 10.6 Å². The van der Waals surface area contributed by atoms with Crippen molar-refractivity contribution in [1.29, 1.82) is 0 Å². The van der Waals surface area contributed by atoms with Gasteiger partial charge in [0.05, 0.1) is 0 Å². The molecular weight excluding hydrogens is 422 g/mol. The molecule has 0 saturated carbocycles. The Labute approximate surface area is 183 Å². The van der Waals surface area contributed by atoms with Crippen LogP contribution in [0.2, 0.25) is 0 Å². The second-order valence-electron chi connectivity index (χ2n) is 6.87. The van der Waals surface area contributed by atoms with Crippen LogP contribution >= 0.6 is 11.8 Å². The predicted octanol–water partition coefficient (Wildman–Crippen LogP) is 0.951. The van der Waals surface area contributed by atoms with E-state index in [1.165, 1.54) is 11.8 Å². The SMILES string of the molecule is NC(CCC(=O)NC(CSCc1cccc2ccccc12)C(=O)NCC(=O)O)C(=O)O. The Balaban J connectivity index is 1.98. The van der Waals surface area contributed by atoms with Gasteiger partial charge in [-0.1, -0.05) is 42.5 Å². The zero-order chi connectivity index (χ0) is 22.8. The first-order valence-corrected chi connectivity index (χ1v) is 10.7. The number of aliphatic carboxylic acids is 2. The number of amides is 2. The molecule has 0 aromatic heterocycles. The summed E-state index contributed by atoms with van der Waals surface area (Å²) in [5.74, 6) is -2.76. The van der Waals surface area contributed by atoms with E-state index in [2.05, 4.69) is 10.6 Å². The highest BCUT2D eigenvalue weighted by Gasteiger charge is 2.22. The maximum atomic E-state index is 12.4. The lowest BCUT2D eigenvalue weighted by atomic mass is 10.1. The minimum absolute atomic E-state index is 0.0756. The Morgan fingerprint density at radius 1 is 1.03 bits per heavy atom. The van der Waals surface area contributed by atoms with Crippen molar-refractivity contribution in [3.63, 3.8) is 0 Å². The van der Waals surface area contributed by atoms with Crippen LogP contribution in [0, 0.1) is 0 Å². The molecule has 0 saturated heterocycles. The molecule has 10 heteroatoms. The van der Waals surface area contributed by atoms with Gasteiger partial charge in [-0.15, -0.1) is 0 Å². The summed E-state index contributed by atoms with van der Waals surface area (Å²) in [7, 11) is 0. The van der Waals surface area contributed by atoms with Gasteiger partial charge in [-0.3, -0.25) is 19.2 Å². The number of hydrogen-bond donors (Lipinski definition) is 5. The molecule has 0 aliphatic heterocycles. The number of nitrogens with two attached hydrogens (primary N) is 1. The number of rotatable bonds is 12. The molecule has 0 fully saturated rings. The summed E-state index contributed by atoms with van der Waals surface area (Å²) in [6.07, 6.45) is -0.238. The van der Waals surface area contributed by atoms with Crippen LogP contribution in [-0.2, 0) is 24.9 Å². The van der Waals surface area contributed by atoms with Gasteiger partial charge < -0.3 is 26.6 Å². The quantitative estimate of drug-likeness (QED) is 0.322. The molecule has 0 aliphatic carbocycles. The maximum absolute atomic E-state index is 12.4. The van der Waals surface area contributed by atoms with E-state index in [1.54, 1.807) is 0 Å². The van der Waals surface area contributed by atoms with Crippen molar-refractivity contribution in [3.8, 4) is 0 Å². The molecule has 2 aromatic carbocycles. The molecule has 31 heavy (non-hydrogen) atoms. The highest BCUT2D eigenvalue weighted by molar-refractivity contribution is 7.98. The largest absolute Gasteiger partial charge is 0.480 e. The van der Waals surface area contributed by atoms with E-state index in [0.717, 1.165) is 16.3 Å². The smallest absolute Gasteiger partial charge is 0.322 e. The van der Waals surface area contributed by atoms with E-state index in [9.17, 15) is 19.2 Å². The van der Waals surface area contributed by atoms with Crippen molar-refractivity contribution in [3.05, 3.63) is 48.0 Å². The monoisotopic (exact) mass is 447 g/mol. The van der Waals surface area contributed by atoms with Crippen LogP contribution in [0.25, 0.3) is 10.8 Å². The van der Waals surface area contributed by atoms with Crippen LogP contribution in [0.5, 0.6) is 0 Å². The maximum Gasteiger partial charge on any atom is 0.322 e. The first-order valence-electron chi connectivity index (χ1n) is 9.59. The summed E-state index contributed by atoms with van der Waals surface area (Å²) >= 11 is 1.42. The Morgan fingerprint density at radius 2 is 1.74 bits per heavy atom. The van der Waals surface area contributed by atoms with Crippen LogP contribution in [0.15, 0.2) is 42.5 Å². The molecule has 0 aliphatic rings. The van der Waals surface area contributed by atoms with Crippen molar-refractivity contribution in [2.45, 2.75) is 30.7 Å². The van der Waals surface area contributed by atoms with E-state index in [1.807, 2.05) is 42.5 Å². The van der Waals surface area contributed by atoms with Crippen LogP contribution in [0.1, 0.15) is 18.4 Å². The molecule has 0 radical (unpaired) electrons. The zero-order valence-corrected chi connectivity index (χ0v) is 17.6. The Bertz CT molecular complexity index is 946. The van der Waals surface area contributed by atoms with Gasteiger partial charge in [-0.25, -0.2) is 0 Å². The van der Waals surface area contributed by atoms with Crippen molar-refractivity contribution < 1.29 is 29.4 Å². The average molecular weight is 448 g/mol. The molecular formula is C21H25N3O6S. The van der Waals surface area contributed by atoms with E-state index < -0.39 is 42.4 Å². The van der Waals surface area contributed by atoms with Crippen LogP contribution in [-0.4, -0.2) is 58.3 Å². The van der Waals surface area contributed by atoms with Gasteiger partial charge >= 0.3 is 11.9 Å². The summed E-state index contributed by atoms with van der Waals surface area (Å²) in [6, 6.07) is 11.7. The molecule has 0 heterocycles. The van der Waals surface area contributed by atoms with Gasteiger partial charge in [-0.2, -0.15) is 11.8 Å². The van der Waals surface area contributed by atoms with E-state index in [-0.39, 0.29) is 18.6 Å². The minimum atomic E-state index is -1.21. The lowest BCUT2D eigenvalue weighted by molar-refractivity contribution is -0.139. The fourth-order valence-electron chi connectivity index (χ4n) is 2.85. The van der Waals surface area contributed by atoms with Crippen LogP contribution < -0.4 is 16.4 Å². The molecule has 0 spiro atoms. The summed E-state index contributed by atoms with van der Waals surface area (Å²) in [5.41, 5.74) is 6.47. The van der Waals surface area contributed by atoms with Gasteiger partial charge in [0.25, 0.3) is 0 Å². The van der Waals surface area contributed by atoms with Gasteiger partial charge in [-0.05, 0) is 22.8 Å². The third-order valence-electron chi connectivity index (χ3n) is 4.49. The summed E-state index contributed by atoms with van der Waals surface area (Å²) in [5, 5.41) is 24.6. The first kappa shape index (κ1) is 24.2. The standard InChI is InChI=1S/C21H25N3O6S/c22-16(21(29)30)8-9-18(25)24-17(20(28)23-10-19(26)27)12-31-11-14-6-3-5-13-4-1-2-7-15(13)14/h1-7,16-17H,8-12,22H2,(H,23,28)(H,24,25)(H,26,27)(H,29,30). The molecule has 9 nitrogen and oxygen atoms in total. The molecule has 2 unspecified atom stereocenters. The summed E-state index contributed by atoms with van der Waals surface area (Å²) in [4.78, 5) is 46.0. The molecule has 2 amide bonds. The molecule has 6 N–H and O–H groups in total. The number of carboxylic acid groups (broad SMARTS) is 2. The molecule has 2 atom stereocenters. The number of hydrogen-bond acceptors (Lipinski definition) is 6. The van der Waals surface area contributed by atoms with E-state index in [4.69, 9.17) is 15.9 Å². The van der Waals surface area contributed by atoms with Crippen LogP contribution in [0.4, 0.5) is 0 Å². The minimum Gasteiger partial charge on any atom is -0.480 e. The van der Waals surface area contributed by atoms with E-state index >= 15 is 0 Å². The number of nitrogens with one attached hydrogen (secondary N) is 2. The Morgan fingerprint density at radius 3 is 2.45 bits per heavy atom. The number of benzene rings is 2. The third kappa shape index (κ3) is 7.91.